The van der Waals surface area contributed by atoms with E-state index in [1.54, 1.807) is 36.4 Å². The summed E-state index contributed by atoms with van der Waals surface area (Å²) in [6.45, 7) is 0. The van der Waals surface area contributed by atoms with E-state index >= 15 is 0 Å². The van der Waals surface area contributed by atoms with Gasteiger partial charge in [0.05, 0.1) is 22.7 Å². The second kappa shape index (κ2) is 9.60. The molecule has 1 atom stereocenters. The lowest BCUT2D eigenvalue weighted by Gasteiger charge is -2.23. The van der Waals surface area contributed by atoms with Gasteiger partial charge in [0.25, 0.3) is 5.78 Å². The van der Waals surface area contributed by atoms with Gasteiger partial charge in [-0.3, -0.25) is 14.5 Å². The topological polar surface area (TPSA) is 151 Å². The number of benzene rings is 3. The van der Waals surface area contributed by atoms with Crippen molar-refractivity contribution in [2.45, 2.75) is 15.1 Å². The summed E-state index contributed by atoms with van der Waals surface area (Å²) < 4.78 is 26.1. The van der Waals surface area contributed by atoms with E-state index in [4.69, 9.17) is 17.3 Å². The van der Waals surface area contributed by atoms with Crippen LogP contribution in [0, 0.1) is 0 Å². The lowest BCUT2D eigenvalue weighted by atomic mass is 9.95. The Hall–Kier alpha value is -4.19. The lowest BCUT2D eigenvalue weighted by molar-refractivity contribution is -0.132. The smallest absolute Gasteiger partial charge is 0.301 e. The third-order valence-electron chi connectivity index (χ3n) is 5.88. The number of amides is 1. The first kappa shape index (κ1) is 25.5. The number of aromatic nitrogens is 1. The van der Waals surface area contributed by atoms with Crippen molar-refractivity contribution in [3.63, 3.8) is 0 Å². The molecule has 1 unspecified atom stereocenters. The van der Waals surface area contributed by atoms with E-state index in [0.717, 1.165) is 11.1 Å². The molecule has 1 aliphatic heterocycles. The number of aliphatic hydroxyl groups is 1. The number of carbonyl (C=O) groups excluding carboxylic acids is 2. The van der Waals surface area contributed by atoms with Gasteiger partial charge in [0, 0.05) is 16.3 Å². The van der Waals surface area contributed by atoms with E-state index in [1.807, 2.05) is 0 Å². The van der Waals surface area contributed by atoms with Crippen LogP contribution in [0.5, 0.6) is 5.75 Å². The number of phenols is 1. The first-order valence-electron chi connectivity index (χ1n) is 11.0. The molecular formula is C26H18ClN3O6S2. The molecule has 1 aromatic heterocycles. The zero-order valence-electron chi connectivity index (χ0n) is 19.3. The van der Waals surface area contributed by atoms with E-state index in [9.17, 15) is 28.2 Å². The molecule has 0 spiro atoms. The maximum absolute atomic E-state index is 13.3. The number of hydrogen-bond acceptors (Lipinski definition) is 9. The minimum Gasteiger partial charge on any atom is -0.508 e. The summed E-state index contributed by atoms with van der Waals surface area (Å²) in [5.41, 5.74) is 6.65. The number of rotatable bonds is 5. The van der Waals surface area contributed by atoms with Crippen molar-refractivity contribution in [2.75, 3.05) is 10.6 Å². The molecule has 3 aromatic carbocycles. The van der Waals surface area contributed by atoms with E-state index in [1.165, 1.54) is 36.4 Å². The molecule has 12 heteroatoms. The number of sulfone groups is 1. The molecule has 192 valence electrons. The van der Waals surface area contributed by atoms with Crippen molar-refractivity contribution in [3.05, 3.63) is 101 Å². The van der Waals surface area contributed by atoms with E-state index < -0.39 is 33.3 Å². The molecule has 0 bridgehead atoms. The monoisotopic (exact) mass is 567 g/mol. The predicted octanol–water partition coefficient (Wildman–Crippen LogP) is 4.54. The Morgan fingerprint density at radius 2 is 1.71 bits per heavy atom. The first-order chi connectivity index (χ1) is 18.1. The number of carbonyl (C=O) groups is 2. The number of thiazole rings is 1. The van der Waals surface area contributed by atoms with Gasteiger partial charge in [0.1, 0.15) is 15.7 Å². The highest BCUT2D eigenvalue weighted by Crippen LogP contribution is 2.44. The normalized spacial score (nSPS) is 17.2. The molecule has 1 fully saturated rings. The molecule has 0 radical (unpaired) electrons. The van der Waals surface area contributed by atoms with Gasteiger partial charge in [-0.2, -0.15) is 0 Å². The van der Waals surface area contributed by atoms with E-state index in [2.05, 4.69) is 4.98 Å². The Labute approximate surface area is 226 Å². The molecule has 4 N–H and O–H groups in total. The summed E-state index contributed by atoms with van der Waals surface area (Å²) >= 11 is 6.90. The highest BCUT2D eigenvalue weighted by atomic mass is 35.5. The number of aliphatic hydroxyl groups excluding tert-OH is 1. The number of nitrogens with zero attached hydrogens (tertiary/aromatic N) is 2. The van der Waals surface area contributed by atoms with Gasteiger partial charge in [-0.25, -0.2) is 13.4 Å². The number of nitrogens with two attached hydrogens (primary N) is 1. The average Bonchev–Trinajstić information content (AvgIpc) is 3.48. The van der Waals surface area contributed by atoms with Crippen molar-refractivity contribution in [1.82, 2.24) is 4.98 Å². The molecular weight excluding hydrogens is 550 g/mol. The molecule has 1 amide bonds. The molecule has 0 saturated carbocycles. The second-order valence-electron chi connectivity index (χ2n) is 8.31. The quantitative estimate of drug-likeness (QED) is 0.138. The second-order valence-corrected chi connectivity index (χ2v) is 11.9. The number of halogens is 1. The Morgan fingerprint density at radius 1 is 1.03 bits per heavy atom. The van der Waals surface area contributed by atoms with Gasteiger partial charge in [-0.1, -0.05) is 35.1 Å². The van der Waals surface area contributed by atoms with Crippen LogP contribution >= 0.6 is 22.9 Å². The van der Waals surface area contributed by atoms with Crippen LogP contribution in [-0.4, -0.2) is 35.3 Å². The van der Waals surface area contributed by atoms with Crippen molar-refractivity contribution < 1.29 is 28.2 Å². The molecule has 5 rings (SSSR count). The summed E-state index contributed by atoms with van der Waals surface area (Å²) in [7, 11) is -4.03. The SMILES string of the molecule is Nc1ccc(/C(O)=C2/C(=O)C(=O)N(c3ncc(S(=O)(=O)c4ccc(O)cc4)s3)C2c2cccc(Cl)c2)cc1. The number of anilines is 2. The molecule has 2 heterocycles. The number of ketones is 1. The van der Waals surface area contributed by atoms with E-state index in [-0.39, 0.29) is 31.1 Å². The van der Waals surface area contributed by atoms with Crippen LogP contribution in [0.2, 0.25) is 5.02 Å². The number of phenolic OH excluding ortho intramolecular Hbond substituents is 1. The standard InChI is InChI=1S/C26H18ClN3O6S2/c27-16-3-1-2-15(12-16)22-21(23(32)14-4-6-17(28)7-5-14)24(33)25(34)30(22)26-29-13-20(37-26)38(35,36)19-10-8-18(31)9-11-19/h1-13,22,31-32H,28H2/b23-21-. The number of nitrogen functional groups attached to an aromatic ring is 1. The number of aromatic hydroxyl groups is 1. The van der Waals surface area contributed by atoms with Crippen molar-refractivity contribution >= 4 is 61.0 Å². The van der Waals surface area contributed by atoms with E-state index in [0.29, 0.717) is 27.6 Å². The molecule has 0 aliphatic carbocycles. The van der Waals surface area contributed by atoms with Gasteiger partial charge >= 0.3 is 5.91 Å². The summed E-state index contributed by atoms with van der Waals surface area (Å²) in [6, 6.07) is 16.4. The van der Waals surface area contributed by atoms with Gasteiger partial charge in [-0.05, 0) is 66.2 Å². The summed E-state index contributed by atoms with van der Waals surface area (Å²) in [6.07, 6.45) is 1.09. The average molecular weight is 568 g/mol. The summed E-state index contributed by atoms with van der Waals surface area (Å²) in [4.78, 5) is 31.7. The predicted molar refractivity (Wildman–Crippen MR) is 143 cm³/mol. The maximum Gasteiger partial charge on any atom is 0.301 e. The van der Waals surface area contributed by atoms with Crippen LogP contribution in [0.4, 0.5) is 10.8 Å². The van der Waals surface area contributed by atoms with Gasteiger partial charge in [-0.15, -0.1) is 0 Å². The summed E-state index contributed by atoms with van der Waals surface area (Å²) in [5, 5.41) is 20.9. The first-order valence-corrected chi connectivity index (χ1v) is 13.7. The Kier molecular flexibility index (Phi) is 6.43. The fourth-order valence-electron chi connectivity index (χ4n) is 4.05. The third kappa shape index (κ3) is 4.40. The van der Waals surface area contributed by atoms with Gasteiger partial charge < -0.3 is 15.9 Å². The largest absolute Gasteiger partial charge is 0.508 e. The van der Waals surface area contributed by atoms with Crippen molar-refractivity contribution in [1.29, 1.82) is 0 Å². The molecule has 1 saturated heterocycles. The zero-order chi connectivity index (χ0) is 27.2. The molecule has 38 heavy (non-hydrogen) atoms. The lowest BCUT2D eigenvalue weighted by Crippen LogP contribution is -2.29. The van der Waals surface area contributed by atoms with Gasteiger partial charge in [0.15, 0.2) is 5.13 Å². The fourth-order valence-corrected chi connectivity index (χ4v) is 6.79. The highest BCUT2D eigenvalue weighted by Gasteiger charge is 2.48. The Balaban J connectivity index is 1.65. The zero-order valence-corrected chi connectivity index (χ0v) is 21.7. The Morgan fingerprint density at radius 3 is 2.37 bits per heavy atom. The third-order valence-corrected chi connectivity index (χ3v) is 9.35. The minimum absolute atomic E-state index is 0.0641. The van der Waals surface area contributed by atoms with Crippen molar-refractivity contribution in [3.8, 4) is 5.75 Å². The van der Waals surface area contributed by atoms with Crippen LogP contribution in [0.25, 0.3) is 5.76 Å². The van der Waals surface area contributed by atoms with Crippen LogP contribution in [-0.2, 0) is 19.4 Å². The molecule has 4 aromatic rings. The highest BCUT2D eigenvalue weighted by molar-refractivity contribution is 7.93. The van der Waals surface area contributed by atoms with Crippen LogP contribution in [0.1, 0.15) is 17.2 Å². The van der Waals surface area contributed by atoms with Crippen LogP contribution in [0.3, 0.4) is 0 Å². The van der Waals surface area contributed by atoms with Crippen molar-refractivity contribution in [2.24, 2.45) is 0 Å². The fraction of sp³-hybridized carbons (Fsp3) is 0.0385. The molecule has 9 nitrogen and oxygen atoms in total. The Bertz CT molecular complexity index is 1710. The minimum atomic E-state index is -4.03. The summed E-state index contributed by atoms with van der Waals surface area (Å²) in [5.74, 6) is -2.48. The molecule has 1 aliphatic rings. The van der Waals surface area contributed by atoms with Gasteiger partial charge in [0.2, 0.25) is 9.84 Å². The number of Topliss-reactive ketones (excluding diaryl/α,β-unsaturated/α-hetero) is 1. The van der Waals surface area contributed by atoms with Crippen LogP contribution < -0.4 is 10.6 Å². The van der Waals surface area contributed by atoms with Crippen LogP contribution in [0.15, 0.2) is 93.7 Å². The maximum atomic E-state index is 13.3. The number of hydrogen-bond donors (Lipinski definition) is 3.